The van der Waals surface area contributed by atoms with E-state index in [4.69, 9.17) is 0 Å². The minimum Gasteiger partial charge on any atom is -0.349 e. The molecule has 8 nitrogen and oxygen atoms in total. The van der Waals surface area contributed by atoms with Gasteiger partial charge in [-0.15, -0.1) is 6.58 Å². The number of para-hydroxylation sites is 1. The molecule has 38 heavy (non-hydrogen) atoms. The van der Waals surface area contributed by atoms with Crippen LogP contribution in [0.25, 0.3) is 0 Å². The summed E-state index contributed by atoms with van der Waals surface area (Å²) >= 11 is 0. The molecule has 198 valence electrons. The van der Waals surface area contributed by atoms with Crippen molar-refractivity contribution in [3.63, 3.8) is 0 Å². The Hall–Kier alpha value is -3.79. The molecule has 0 bridgehead atoms. The molecular formula is C29H32N4O4S. The molecule has 1 aliphatic rings. The fourth-order valence-corrected chi connectivity index (χ4v) is 5.67. The van der Waals surface area contributed by atoms with Crippen LogP contribution in [0.2, 0.25) is 0 Å². The lowest BCUT2D eigenvalue weighted by Gasteiger charge is -2.34. The second kappa shape index (κ2) is 12.2. The average Bonchev–Trinajstić information content (AvgIpc) is 2.93. The zero-order valence-electron chi connectivity index (χ0n) is 21.4. The van der Waals surface area contributed by atoms with E-state index in [0.717, 1.165) is 11.1 Å². The van der Waals surface area contributed by atoms with Crippen molar-refractivity contribution in [2.75, 3.05) is 38.0 Å². The van der Waals surface area contributed by atoms with Crippen molar-refractivity contribution in [3.05, 3.63) is 108 Å². The molecule has 3 aromatic rings. The van der Waals surface area contributed by atoms with Crippen LogP contribution in [0, 0.1) is 6.92 Å². The lowest BCUT2D eigenvalue weighted by molar-refractivity contribution is 0.0959. The minimum atomic E-state index is -3.50. The number of amides is 2. The summed E-state index contributed by atoms with van der Waals surface area (Å²) in [5.41, 5.74) is 3.34. The van der Waals surface area contributed by atoms with E-state index in [1.54, 1.807) is 54.6 Å². The van der Waals surface area contributed by atoms with Gasteiger partial charge in [0.25, 0.3) is 11.8 Å². The molecule has 1 heterocycles. The highest BCUT2D eigenvalue weighted by Crippen LogP contribution is 2.20. The van der Waals surface area contributed by atoms with Crippen molar-refractivity contribution in [1.82, 2.24) is 14.5 Å². The molecule has 0 aromatic heterocycles. The molecule has 0 atom stereocenters. The van der Waals surface area contributed by atoms with Crippen LogP contribution in [0.4, 0.5) is 5.69 Å². The molecule has 0 aliphatic carbocycles. The van der Waals surface area contributed by atoms with E-state index in [0.29, 0.717) is 61.0 Å². The van der Waals surface area contributed by atoms with Gasteiger partial charge in [0.2, 0.25) is 10.0 Å². The van der Waals surface area contributed by atoms with Crippen LogP contribution in [0.3, 0.4) is 0 Å². The van der Waals surface area contributed by atoms with Crippen LogP contribution in [-0.4, -0.2) is 62.2 Å². The lowest BCUT2D eigenvalue weighted by atomic mass is 10.1. The van der Waals surface area contributed by atoms with Crippen molar-refractivity contribution in [1.29, 1.82) is 0 Å². The first kappa shape index (κ1) is 27.3. The van der Waals surface area contributed by atoms with Crippen LogP contribution in [-0.2, 0) is 16.6 Å². The summed E-state index contributed by atoms with van der Waals surface area (Å²) < 4.78 is 27.4. The quantitative estimate of drug-likeness (QED) is 0.410. The zero-order valence-corrected chi connectivity index (χ0v) is 22.2. The summed E-state index contributed by atoms with van der Waals surface area (Å²) in [6.45, 7) is 8.62. The highest BCUT2D eigenvalue weighted by Gasteiger charge is 2.28. The monoisotopic (exact) mass is 532 g/mol. The van der Waals surface area contributed by atoms with E-state index in [2.05, 4.69) is 22.1 Å². The molecule has 9 heteroatoms. The van der Waals surface area contributed by atoms with E-state index < -0.39 is 10.0 Å². The van der Waals surface area contributed by atoms with Crippen LogP contribution in [0.1, 0.15) is 31.8 Å². The van der Waals surface area contributed by atoms with E-state index in [1.807, 2.05) is 31.2 Å². The number of anilines is 1. The molecule has 1 fully saturated rings. The normalized spacial score (nSPS) is 14.6. The maximum atomic E-state index is 12.9. The number of benzene rings is 3. The maximum Gasteiger partial charge on any atom is 0.255 e. The number of carbonyl (C=O) groups excluding carboxylic acids is 2. The Morgan fingerprint density at radius 3 is 2.21 bits per heavy atom. The van der Waals surface area contributed by atoms with Crippen LogP contribution in [0.15, 0.2) is 90.3 Å². The van der Waals surface area contributed by atoms with Gasteiger partial charge in [0, 0.05) is 44.8 Å². The number of sulfonamides is 1. The van der Waals surface area contributed by atoms with E-state index in [-0.39, 0.29) is 11.8 Å². The predicted octanol–water partition coefficient (Wildman–Crippen LogP) is 3.67. The molecule has 2 N–H and O–H groups in total. The van der Waals surface area contributed by atoms with Crippen molar-refractivity contribution in [3.8, 4) is 0 Å². The summed E-state index contributed by atoms with van der Waals surface area (Å²) in [6, 6.07) is 21.1. The second-order valence-corrected chi connectivity index (χ2v) is 11.1. The zero-order chi connectivity index (χ0) is 27.1. The van der Waals surface area contributed by atoms with Gasteiger partial charge in [-0.05, 0) is 48.9 Å². The fraction of sp³-hybridized carbons (Fsp3) is 0.241. The summed E-state index contributed by atoms with van der Waals surface area (Å²) in [6.07, 6.45) is 1.59. The number of hydrogen-bond donors (Lipinski definition) is 2. The van der Waals surface area contributed by atoms with Gasteiger partial charge in [0.05, 0.1) is 16.1 Å². The molecular weight excluding hydrogens is 500 g/mol. The highest BCUT2D eigenvalue weighted by molar-refractivity contribution is 7.89. The molecule has 0 saturated carbocycles. The van der Waals surface area contributed by atoms with Crippen molar-refractivity contribution < 1.29 is 18.0 Å². The topological polar surface area (TPSA) is 98.8 Å². The van der Waals surface area contributed by atoms with Crippen molar-refractivity contribution in [2.45, 2.75) is 18.4 Å². The smallest absolute Gasteiger partial charge is 0.255 e. The third kappa shape index (κ3) is 6.55. The first-order valence-corrected chi connectivity index (χ1v) is 13.9. The largest absolute Gasteiger partial charge is 0.349 e. The number of nitrogens with zero attached hydrogens (tertiary/aromatic N) is 2. The van der Waals surface area contributed by atoms with Crippen LogP contribution < -0.4 is 10.6 Å². The van der Waals surface area contributed by atoms with Crippen molar-refractivity contribution in [2.24, 2.45) is 0 Å². The summed E-state index contributed by atoms with van der Waals surface area (Å²) in [7, 11) is -3.50. The molecule has 3 aromatic carbocycles. The van der Waals surface area contributed by atoms with Crippen LogP contribution >= 0.6 is 0 Å². The Bertz CT molecular complexity index is 1400. The first-order valence-electron chi connectivity index (χ1n) is 12.5. The Morgan fingerprint density at radius 2 is 1.55 bits per heavy atom. The average molecular weight is 533 g/mol. The number of rotatable bonds is 9. The van der Waals surface area contributed by atoms with E-state index >= 15 is 0 Å². The second-order valence-electron chi connectivity index (χ2n) is 9.19. The molecule has 4 rings (SSSR count). The predicted molar refractivity (Wildman–Crippen MR) is 149 cm³/mol. The van der Waals surface area contributed by atoms with Gasteiger partial charge in [0.1, 0.15) is 0 Å². The van der Waals surface area contributed by atoms with Gasteiger partial charge in [-0.3, -0.25) is 14.5 Å². The third-order valence-electron chi connectivity index (χ3n) is 6.44. The summed E-state index contributed by atoms with van der Waals surface area (Å²) in [4.78, 5) is 27.7. The van der Waals surface area contributed by atoms with Crippen LogP contribution in [0.5, 0.6) is 0 Å². The number of piperazine rings is 1. The molecule has 0 unspecified atom stereocenters. The first-order chi connectivity index (χ1) is 18.3. The number of carbonyl (C=O) groups is 2. The maximum absolute atomic E-state index is 12.9. The van der Waals surface area contributed by atoms with Gasteiger partial charge in [-0.25, -0.2) is 8.42 Å². The lowest BCUT2D eigenvalue weighted by Crippen LogP contribution is -2.48. The molecule has 2 amide bonds. The van der Waals surface area contributed by atoms with Gasteiger partial charge in [-0.2, -0.15) is 4.31 Å². The van der Waals surface area contributed by atoms with Crippen molar-refractivity contribution >= 4 is 27.5 Å². The van der Waals surface area contributed by atoms with Gasteiger partial charge in [-0.1, -0.05) is 48.0 Å². The Morgan fingerprint density at radius 1 is 0.895 bits per heavy atom. The van der Waals surface area contributed by atoms with Gasteiger partial charge >= 0.3 is 0 Å². The van der Waals surface area contributed by atoms with Gasteiger partial charge in [0.15, 0.2) is 0 Å². The Labute approximate surface area is 224 Å². The third-order valence-corrected chi connectivity index (χ3v) is 8.35. The Kier molecular flexibility index (Phi) is 8.73. The fourth-order valence-electron chi connectivity index (χ4n) is 4.25. The number of hydrogen-bond acceptors (Lipinski definition) is 5. The molecule has 0 spiro atoms. The minimum absolute atomic E-state index is 0.289. The summed E-state index contributed by atoms with van der Waals surface area (Å²) in [5.74, 6) is -0.599. The number of nitrogens with one attached hydrogen (secondary N) is 2. The highest BCUT2D eigenvalue weighted by atomic mass is 32.2. The standard InChI is InChI=1S/C29H32N4O4S/c1-3-16-30-29(35)26-6-4-5-7-27(26)31-28(34)24-12-10-23(11-13-24)21-32-17-19-33(20-18-32)38(36,37)25-14-8-22(2)9-15-25/h3-15H,1,16-21H2,2H3,(H,30,35)(H,31,34). The van der Waals surface area contributed by atoms with E-state index in [1.165, 1.54) is 4.31 Å². The molecule has 1 saturated heterocycles. The summed E-state index contributed by atoms with van der Waals surface area (Å²) in [5, 5.41) is 5.54. The Balaban J connectivity index is 1.32. The molecule has 1 aliphatic heterocycles. The van der Waals surface area contributed by atoms with Gasteiger partial charge < -0.3 is 10.6 Å². The SMILES string of the molecule is C=CCNC(=O)c1ccccc1NC(=O)c1ccc(CN2CCN(S(=O)(=O)c3ccc(C)cc3)CC2)cc1. The number of aryl methyl sites for hydroxylation is 1. The molecule has 0 radical (unpaired) electrons. The van der Waals surface area contributed by atoms with E-state index in [9.17, 15) is 18.0 Å².